The molecule has 1 N–H and O–H groups in total. The molecule has 128 valence electrons. The van der Waals surface area contributed by atoms with Gasteiger partial charge in [-0.1, -0.05) is 43.0 Å². The third-order valence-corrected chi connectivity index (χ3v) is 5.26. The topological polar surface area (TPSA) is 66.5 Å². The Morgan fingerprint density at radius 1 is 1.12 bits per heavy atom. The summed E-state index contributed by atoms with van der Waals surface area (Å²) in [6.45, 7) is 0.157. The van der Waals surface area contributed by atoms with Crippen molar-refractivity contribution < 1.29 is 14.4 Å². The van der Waals surface area contributed by atoms with E-state index in [0.717, 1.165) is 42.6 Å². The number of hydrogen-bond acceptors (Lipinski definition) is 3. The molecule has 24 heavy (non-hydrogen) atoms. The van der Waals surface area contributed by atoms with Crippen LogP contribution >= 0.6 is 11.6 Å². The molecular weight excluding hydrogens is 328 g/mol. The number of amides is 3. The normalized spacial score (nSPS) is 19.8. The summed E-state index contributed by atoms with van der Waals surface area (Å²) in [7, 11) is 0. The van der Waals surface area contributed by atoms with Gasteiger partial charge in [-0.25, -0.2) is 0 Å². The van der Waals surface area contributed by atoms with Gasteiger partial charge in [-0.05, 0) is 30.5 Å². The Morgan fingerprint density at radius 3 is 2.46 bits per heavy atom. The van der Waals surface area contributed by atoms with Crippen LogP contribution in [-0.2, 0) is 20.9 Å². The van der Waals surface area contributed by atoms with E-state index in [1.807, 2.05) is 12.1 Å². The molecule has 2 aliphatic rings. The zero-order valence-electron chi connectivity index (χ0n) is 13.5. The number of carbonyl (C=O) groups is 3. The highest BCUT2D eigenvalue weighted by molar-refractivity contribution is 6.30. The van der Waals surface area contributed by atoms with Crippen molar-refractivity contribution in [2.45, 2.75) is 45.1 Å². The quantitative estimate of drug-likeness (QED) is 0.851. The maximum absolute atomic E-state index is 12.7. The summed E-state index contributed by atoms with van der Waals surface area (Å²) in [5.74, 6) is -0.697. The molecule has 0 radical (unpaired) electrons. The van der Waals surface area contributed by atoms with Gasteiger partial charge in [0.15, 0.2) is 0 Å². The van der Waals surface area contributed by atoms with Crippen molar-refractivity contribution in [1.29, 1.82) is 0 Å². The van der Waals surface area contributed by atoms with Crippen molar-refractivity contribution in [3.8, 4) is 0 Å². The van der Waals surface area contributed by atoms with E-state index in [1.165, 1.54) is 0 Å². The highest BCUT2D eigenvalue weighted by atomic mass is 35.5. The highest BCUT2D eigenvalue weighted by Crippen LogP contribution is 2.45. The first-order valence-corrected chi connectivity index (χ1v) is 8.74. The van der Waals surface area contributed by atoms with Gasteiger partial charge in [0, 0.05) is 18.0 Å². The molecule has 0 bridgehead atoms. The van der Waals surface area contributed by atoms with Crippen LogP contribution in [0.15, 0.2) is 24.3 Å². The van der Waals surface area contributed by atoms with Gasteiger partial charge in [-0.3, -0.25) is 19.3 Å². The van der Waals surface area contributed by atoms with Crippen LogP contribution in [0.1, 0.15) is 44.1 Å². The number of rotatable bonds is 4. The molecule has 0 atom stereocenters. The molecule has 0 unspecified atom stereocenters. The van der Waals surface area contributed by atoms with Gasteiger partial charge in [0.25, 0.3) is 0 Å². The lowest BCUT2D eigenvalue weighted by molar-refractivity contribution is -0.145. The maximum Gasteiger partial charge on any atom is 0.240 e. The number of nitrogens with one attached hydrogen (secondary N) is 1. The van der Waals surface area contributed by atoms with Crippen molar-refractivity contribution in [2.24, 2.45) is 5.41 Å². The fourth-order valence-corrected chi connectivity index (χ4v) is 3.77. The fraction of sp³-hybridized carbons (Fsp3) is 0.500. The number of nitrogens with zero attached hydrogens (tertiary/aromatic N) is 1. The molecule has 1 aromatic carbocycles. The Bertz CT molecular complexity index is 651. The van der Waals surface area contributed by atoms with Gasteiger partial charge in [0.1, 0.15) is 6.54 Å². The van der Waals surface area contributed by atoms with E-state index in [4.69, 9.17) is 11.6 Å². The summed E-state index contributed by atoms with van der Waals surface area (Å²) in [4.78, 5) is 38.1. The van der Waals surface area contributed by atoms with Crippen LogP contribution in [0.3, 0.4) is 0 Å². The third kappa shape index (κ3) is 3.46. The Kier molecular flexibility index (Phi) is 4.90. The first kappa shape index (κ1) is 17.0. The van der Waals surface area contributed by atoms with Gasteiger partial charge in [-0.15, -0.1) is 0 Å². The summed E-state index contributed by atoms with van der Waals surface area (Å²) in [6, 6.07) is 7.16. The van der Waals surface area contributed by atoms with Gasteiger partial charge < -0.3 is 5.32 Å². The highest BCUT2D eigenvalue weighted by Gasteiger charge is 2.51. The molecule has 1 aromatic rings. The number of hydrogen-bond donors (Lipinski definition) is 1. The number of carbonyl (C=O) groups excluding carboxylic acids is 3. The third-order valence-electron chi connectivity index (χ3n) is 5.00. The van der Waals surface area contributed by atoms with E-state index in [0.29, 0.717) is 11.6 Å². The van der Waals surface area contributed by atoms with E-state index in [-0.39, 0.29) is 30.7 Å². The predicted octanol–water partition coefficient (Wildman–Crippen LogP) is 2.67. The molecule has 5 nitrogen and oxygen atoms in total. The Hall–Kier alpha value is -1.88. The van der Waals surface area contributed by atoms with Crippen molar-refractivity contribution in [3.05, 3.63) is 34.9 Å². The number of likely N-dealkylation sites (tertiary alicyclic amines) is 1. The molecule has 1 saturated carbocycles. The molecule has 1 heterocycles. The van der Waals surface area contributed by atoms with Crippen LogP contribution in [0.2, 0.25) is 5.02 Å². The first-order valence-electron chi connectivity index (χ1n) is 8.36. The monoisotopic (exact) mass is 348 g/mol. The molecule has 1 aliphatic heterocycles. The van der Waals surface area contributed by atoms with Crippen molar-refractivity contribution in [1.82, 2.24) is 10.2 Å². The summed E-state index contributed by atoms with van der Waals surface area (Å²) in [5, 5.41) is 3.38. The van der Waals surface area contributed by atoms with Crippen molar-refractivity contribution >= 4 is 29.3 Å². The number of imide groups is 1. The number of benzene rings is 1. The summed E-state index contributed by atoms with van der Waals surface area (Å²) in [6.07, 6.45) is 4.87. The SMILES string of the molecule is O=C(CN1C(=O)CC2(CCCCC2)C1=O)NCc1ccc(Cl)cc1. The average Bonchev–Trinajstić information content (AvgIpc) is 2.79. The standard InChI is InChI=1S/C18H21ClN2O3/c19-14-6-4-13(5-7-14)11-20-15(22)12-21-16(23)10-18(17(21)24)8-2-1-3-9-18/h4-7H,1-3,8-12H2,(H,20,22). The molecule has 1 spiro atoms. The van der Waals surface area contributed by atoms with Crippen LogP contribution in [0.5, 0.6) is 0 Å². The molecule has 3 rings (SSSR count). The minimum atomic E-state index is -0.536. The summed E-state index contributed by atoms with van der Waals surface area (Å²) >= 11 is 5.82. The fourth-order valence-electron chi connectivity index (χ4n) is 3.64. The molecule has 2 fully saturated rings. The van der Waals surface area contributed by atoms with Crippen LogP contribution in [-0.4, -0.2) is 29.2 Å². The van der Waals surface area contributed by atoms with Crippen LogP contribution < -0.4 is 5.32 Å². The molecule has 6 heteroatoms. The summed E-state index contributed by atoms with van der Waals surface area (Å²) < 4.78 is 0. The smallest absolute Gasteiger partial charge is 0.240 e. The van der Waals surface area contributed by atoms with E-state index in [9.17, 15) is 14.4 Å². The molecule has 1 saturated heterocycles. The second-order valence-electron chi connectivity index (χ2n) is 6.71. The molecular formula is C18H21ClN2O3. The van der Waals surface area contributed by atoms with E-state index < -0.39 is 5.41 Å². The van der Waals surface area contributed by atoms with E-state index in [1.54, 1.807) is 12.1 Å². The first-order chi connectivity index (χ1) is 11.5. The van der Waals surface area contributed by atoms with Gasteiger partial charge in [-0.2, -0.15) is 0 Å². The van der Waals surface area contributed by atoms with Gasteiger partial charge in [0.05, 0.1) is 5.41 Å². The van der Waals surface area contributed by atoms with E-state index >= 15 is 0 Å². The second-order valence-corrected chi connectivity index (χ2v) is 7.14. The zero-order valence-corrected chi connectivity index (χ0v) is 14.3. The maximum atomic E-state index is 12.7. The van der Waals surface area contributed by atoms with Gasteiger partial charge in [0.2, 0.25) is 17.7 Å². The van der Waals surface area contributed by atoms with Crippen LogP contribution in [0.25, 0.3) is 0 Å². The lowest BCUT2D eigenvalue weighted by Gasteiger charge is -2.30. The molecule has 0 aromatic heterocycles. The Balaban J connectivity index is 1.56. The van der Waals surface area contributed by atoms with Gasteiger partial charge >= 0.3 is 0 Å². The Morgan fingerprint density at radius 2 is 1.79 bits per heavy atom. The minimum Gasteiger partial charge on any atom is -0.350 e. The minimum absolute atomic E-state index is 0.158. The molecule has 1 aliphatic carbocycles. The average molecular weight is 349 g/mol. The van der Waals surface area contributed by atoms with Crippen molar-refractivity contribution in [2.75, 3.05) is 6.54 Å². The lowest BCUT2D eigenvalue weighted by Crippen LogP contribution is -2.42. The second kappa shape index (κ2) is 6.93. The summed E-state index contributed by atoms with van der Waals surface area (Å²) in [5.41, 5.74) is 0.377. The largest absolute Gasteiger partial charge is 0.350 e. The van der Waals surface area contributed by atoms with Crippen LogP contribution in [0, 0.1) is 5.41 Å². The predicted molar refractivity (Wildman–Crippen MR) is 90.2 cm³/mol. The zero-order chi connectivity index (χ0) is 17.2. The lowest BCUT2D eigenvalue weighted by atomic mass is 9.73. The van der Waals surface area contributed by atoms with E-state index in [2.05, 4.69) is 5.32 Å². The van der Waals surface area contributed by atoms with Crippen LogP contribution in [0.4, 0.5) is 0 Å². The number of halogens is 1. The molecule has 3 amide bonds. The Labute approximate surface area is 146 Å². The van der Waals surface area contributed by atoms with Crippen molar-refractivity contribution in [3.63, 3.8) is 0 Å².